The second kappa shape index (κ2) is 6.73. The first-order valence-electron chi connectivity index (χ1n) is 6.24. The highest BCUT2D eigenvalue weighted by Gasteiger charge is 2.24. The lowest BCUT2D eigenvalue weighted by Gasteiger charge is -2.33. The molecule has 0 heterocycles. The maximum Gasteiger partial charge on any atom is 0.123 e. The Kier molecular flexibility index (Phi) is 5.59. The number of rotatable bonds is 6. The van der Waals surface area contributed by atoms with Gasteiger partial charge in [0.15, 0.2) is 0 Å². The van der Waals surface area contributed by atoms with Crippen LogP contribution in [0.4, 0.5) is 0 Å². The van der Waals surface area contributed by atoms with Crippen LogP contribution in [0.25, 0.3) is 0 Å². The minimum Gasteiger partial charge on any atom is -0.496 e. The number of para-hydroxylation sites is 1. The van der Waals surface area contributed by atoms with Gasteiger partial charge in [-0.2, -0.15) is 0 Å². The molecule has 3 unspecified atom stereocenters. The van der Waals surface area contributed by atoms with Crippen molar-refractivity contribution in [2.24, 2.45) is 5.73 Å². The summed E-state index contributed by atoms with van der Waals surface area (Å²) in [4.78, 5) is 2.06. The molecule has 0 amide bonds. The van der Waals surface area contributed by atoms with Crippen LogP contribution in [-0.2, 0) is 0 Å². The van der Waals surface area contributed by atoms with Crippen LogP contribution in [0.5, 0.6) is 5.75 Å². The maximum absolute atomic E-state index is 9.51. The lowest BCUT2D eigenvalue weighted by Crippen LogP contribution is -2.40. The molecule has 3 atom stereocenters. The number of nitrogens with zero attached hydrogens (tertiary/aromatic N) is 1. The fraction of sp³-hybridized carbons (Fsp3) is 0.571. The van der Waals surface area contributed by atoms with Crippen LogP contribution >= 0.6 is 0 Å². The van der Waals surface area contributed by atoms with Crippen molar-refractivity contribution in [2.75, 3.05) is 20.7 Å². The van der Waals surface area contributed by atoms with Gasteiger partial charge in [-0.25, -0.2) is 0 Å². The Balaban J connectivity index is 3.04. The molecule has 4 heteroatoms. The Morgan fingerprint density at radius 2 is 1.94 bits per heavy atom. The molecule has 18 heavy (non-hydrogen) atoms. The van der Waals surface area contributed by atoms with E-state index >= 15 is 0 Å². The zero-order valence-electron chi connectivity index (χ0n) is 11.6. The number of hydrogen-bond donors (Lipinski definition) is 2. The Morgan fingerprint density at radius 1 is 1.33 bits per heavy atom. The van der Waals surface area contributed by atoms with Crippen molar-refractivity contribution in [1.82, 2.24) is 4.90 Å². The third kappa shape index (κ3) is 3.70. The highest BCUT2D eigenvalue weighted by molar-refractivity contribution is 5.36. The van der Waals surface area contributed by atoms with E-state index in [4.69, 9.17) is 10.5 Å². The van der Waals surface area contributed by atoms with Crippen LogP contribution in [0.15, 0.2) is 24.3 Å². The summed E-state index contributed by atoms with van der Waals surface area (Å²) in [5, 5.41) is 9.51. The number of hydrogen-bond acceptors (Lipinski definition) is 4. The smallest absolute Gasteiger partial charge is 0.123 e. The van der Waals surface area contributed by atoms with E-state index in [-0.39, 0.29) is 18.2 Å². The molecule has 0 fully saturated rings. The van der Waals surface area contributed by atoms with Crippen molar-refractivity contribution in [1.29, 1.82) is 0 Å². The van der Waals surface area contributed by atoms with E-state index in [0.717, 1.165) is 11.3 Å². The first kappa shape index (κ1) is 15.0. The van der Waals surface area contributed by atoms with Crippen LogP contribution in [0, 0.1) is 0 Å². The van der Waals surface area contributed by atoms with Gasteiger partial charge in [-0.1, -0.05) is 18.2 Å². The first-order valence-corrected chi connectivity index (χ1v) is 6.24. The molecule has 4 nitrogen and oxygen atoms in total. The second-order valence-corrected chi connectivity index (χ2v) is 4.83. The molecule has 0 aliphatic heterocycles. The van der Waals surface area contributed by atoms with E-state index in [2.05, 4.69) is 4.90 Å². The summed E-state index contributed by atoms with van der Waals surface area (Å²) >= 11 is 0. The number of likely N-dealkylation sites (N-methyl/N-ethyl adjacent to an activating group) is 1. The van der Waals surface area contributed by atoms with Gasteiger partial charge in [0.2, 0.25) is 0 Å². The molecule has 0 radical (unpaired) electrons. The summed E-state index contributed by atoms with van der Waals surface area (Å²) in [5.74, 6) is 0.831. The fourth-order valence-electron chi connectivity index (χ4n) is 2.36. The van der Waals surface area contributed by atoms with Gasteiger partial charge in [0, 0.05) is 18.2 Å². The Morgan fingerprint density at radius 3 is 2.44 bits per heavy atom. The number of aliphatic hydroxyl groups excluding tert-OH is 1. The van der Waals surface area contributed by atoms with Gasteiger partial charge in [-0.3, -0.25) is 4.90 Å². The fourth-order valence-corrected chi connectivity index (χ4v) is 2.36. The van der Waals surface area contributed by atoms with Crippen molar-refractivity contribution < 1.29 is 9.84 Å². The van der Waals surface area contributed by atoms with E-state index in [1.807, 2.05) is 38.2 Å². The number of aliphatic hydroxyl groups is 1. The average molecular weight is 252 g/mol. The van der Waals surface area contributed by atoms with E-state index in [1.54, 1.807) is 14.0 Å². The number of methoxy groups -OCH3 is 1. The molecule has 1 aromatic carbocycles. The third-order valence-corrected chi connectivity index (χ3v) is 2.98. The quantitative estimate of drug-likeness (QED) is 0.803. The molecule has 1 rings (SSSR count). The molecule has 0 aliphatic rings. The van der Waals surface area contributed by atoms with E-state index in [1.165, 1.54) is 0 Å². The highest BCUT2D eigenvalue weighted by atomic mass is 16.5. The van der Waals surface area contributed by atoms with Gasteiger partial charge in [0.05, 0.1) is 19.3 Å². The van der Waals surface area contributed by atoms with Crippen LogP contribution in [0.2, 0.25) is 0 Å². The standard InChI is InChI=1S/C14H24N2O2/c1-10(17)9-16(3)14(11(2)15)12-7-5-6-8-13(12)18-4/h5-8,10-11,14,17H,9,15H2,1-4H3. The lowest BCUT2D eigenvalue weighted by atomic mass is 9.98. The Labute approximate surface area is 109 Å². The maximum atomic E-state index is 9.51. The van der Waals surface area contributed by atoms with Crippen molar-refractivity contribution in [2.45, 2.75) is 32.0 Å². The SMILES string of the molecule is COc1ccccc1C(C(C)N)N(C)CC(C)O. The summed E-state index contributed by atoms with van der Waals surface area (Å²) in [6, 6.07) is 7.84. The monoisotopic (exact) mass is 252 g/mol. The van der Waals surface area contributed by atoms with E-state index < -0.39 is 0 Å². The van der Waals surface area contributed by atoms with Crippen molar-refractivity contribution >= 4 is 0 Å². The summed E-state index contributed by atoms with van der Waals surface area (Å²) in [6.07, 6.45) is -0.383. The summed E-state index contributed by atoms with van der Waals surface area (Å²) in [7, 11) is 3.62. The summed E-state index contributed by atoms with van der Waals surface area (Å²) < 4.78 is 5.39. The molecule has 0 saturated carbocycles. The van der Waals surface area contributed by atoms with Crippen LogP contribution < -0.4 is 10.5 Å². The van der Waals surface area contributed by atoms with Gasteiger partial charge >= 0.3 is 0 Å². The molecule has 0 spiro atoms. The van der Waals surface area contributed by atoms with Gasteiger partial charge in [0.1, 0.15) is 5.75 Å². The zero-order chi connectivity index (χ0) is 13.7. The molecule has 0 aromatic heterocycles. The molecule has 0 bridgehead atoms. The Hall–Kier alpha value is -1.10. The molecule has 1 aromatic rings. The molecule has 102 valence electrons. The predicted molar refractivity (Wildman–Crippen MR) is 73.7 cm³/mol. The molecule has 0 saturated heterocycles. The first-order chi connectivity index (χ1) is 8.47. The molecule has 3 N–H and O–H groups in total. The molecular formula is C14H24N2O2. The summed E-state index contributed by atoms with van der Waals surface area (Å²) in [6.45, 7) is 4.32. The highest BCUT2D eigenvalue weighted by Crippen LogP contribution is 2.30. The van der Waals surface area contributed by atoms with E-state index in [0.29, 0.717) is 6.54 Å². The summed E-state index contributed by atoms with van der Waals surface area (Å²) in [5.41, 5.74) is 7.14. The Bertz CT molecular complexity index is 367. The average Bonchev–Trinajstić information content (AvgIpc) is 2.28. The van der Waals surface area contributed by atoms with Crippen molar-refractivity contribution in [3.8, 4) is 5.75 Å². The zero-order valence-corrected chi connectivity index (χ0v) is 11.6. The minimum atomic E-state index is -0.383. The van der Waals surface area contributed by atoms with Crippen molar-refractivity contribution in [3.63, 3.8) is 0 Å². The minimum absolute atomic E-state index is 0.0238. The van der Waals surface area contributed by atoms with Gasteiger partial charge in [-0.15, -0.1) is 0 Å². The topological polar surface area (TPSA) is 58.7 Å². The molecular weight excluding hydrogens is 228 g/mol. The number of ether oxygens (including phenoxy) is 1. The number of nitrogens with two attached hydrogens (primary N) is 1. The normalized spacial score (nSPS) is 16.4. The van der Waals surface area contributed by atoms with Gasteiger partial charge in [0.25, 0.3) is 0 Å². The van der Waals surface area contributed by atoms with Crippen LogP contribution in [-0.4, -0.2) is 42.9 Å². The van der Waals surface area contributed by atoms with E-state index in [9.17, 15) is 5.11 Å². The van der Waals surface area contributed by atoms with Crippen LogP contribution in [0.3, 0.4) is 0 Å². The second-order valence-electron chi connectivity index (χ2n) is 4.83. The van der Waals surface area contributed by atoms with Crippen LogP contribution in [0.1, 0.15) is 25.5 Å². The number of benzene rings is 1. The largest absolute Gasteiger partial charge is 0.496 e. The third-order valence-electron chi connectivity index (χ3n) is 2.98. The van der Waals surface area contributed by atoms with Crippen molar-refractivity contribution in [3.05, 3.63) is 29.8 Å². The molecule has 0 aliphatic carbocycles. The lowest BCUT2D eigenvalue weighted by molar-refractivity contribution is 0.109. The predicted octanol–water partition coefficient (Wildman–Crippen LogP) is 1.40. The van der Waals surface area contributed by atoms with Gasteiger partial charge in [-0.05, 0) is 27.0 Å². The van der Waals surface area contributed by atoms with Gasteiger partial charge < -0.3 is 15.6 Å².